The first kappa shape index (κ1) is 13.3. The Labute approximate surface area is 109 Å². The summed E-state index contributed by atoms with van der Waals surface area (Å²) in [4.78, 5) is 15.2. The molecule has 0 aliphatic carbocycles. The van der Waals surface area contributed by atoms with Crippen LogP contribution >= 0.6 is 0 Å². The first-order valence-electron chi connectivity index (χ1n) is 5.78. The highest BCUT2D eigenvalue weighted by Crippen LogP contribution is 2.24. The summed E-state index contributed by atoms with van der Waals surface area (Å²) in [5, 5.41) is 0. The van der Waals surface area contributed by atoms with Gasteiger partial charge in [-0.2, -0.15) is 0 Å². The molecule has 0 unspecified atom stereocenters. The van der Waals surface area contributed by atoms with Gasteiger partial charge in [-0.3, -0.25) is 4.79 Å². The molecule has 0 fully saturated rings. The number of carbonyl (C=O) groups is 1. The summed E-state index contributed by atoms with van der Waals surface area (Å²) in [5.41, 5.74) is 7.34. The number of carbonyl (C=O) groups excluding carboxylic acids is 1. The highest BCUT2D eigenvalue weighted by atomic mass is 19.1. The molecule has 0 aliphatic rings. The quantitative estimate of drug-likeness (QED) is 0.647. The predicted octanol–water partition coefficient (Wildman–Crippen LogP) is 3.03. The molecule has 2 aromatic rings. The van der Waals surface area contributed by atoms with Crippen LogP contribution in [0.3, 0.4) is 0 Å². The van der Waals surface area contributed by atoms with Crippen molar-refractivity contribution in [1.82, 2.24) is 4.98 Å². The van der Waals surface area contributed by atoms with Crippen molar-refractivity contribution in [2.24, 2.45) is 0 Å². The lowest BCUT2D eigenvalue weighted by Crippen LogP contribution is -2.09. The van der Waals surface area contributed by atoms with Gasteiger partial charge in [0.1, 0.15) is 5.82 Å². The summed E-state index contributed by atoms with van der Waals surface area (Å²) >= 11 is 0. The van der Waals surface area contributed by atoms with Gasteiger partial charge in [0.25, 0.3) is 0 Å². The smallest absolute Gasteiger partial charge is 0.212 e. The molecule has 1 aromatic carbocycles. The largest absolute Gasteiger partial charge is 0.396 e. The van der Waals surface area contributed by atoms with Crippen LogP contribution in [0.1, 0.15) is 32.9 Å². The molecule has 0 atom stereocenters. The molecule has 100 valence electrons. The number of aromatic nitrogens is 1. The second-order valence-corrected chi connectivity index (χ2v) is 4.56. The number of anilines is 1. The standard InChI is InChI=1S/C14H14F2N2O/c1-6-7(2)13(18-8(6)3)14(19)10-4-9(15)5-11(17)12(10)16/h4-5,18H,17H2,1-3H3. The Balaban J connectivity index is 2.59. The predicted molar refractivity (Wildman–Crippen MR) is 69.2 cm³/mol. The summed E-state index contributed by atoms with van der Waals surface area (Å²) in [6.07, 6.45) is 0. The normalized spacial score (nSPS) is 10.8. The average Bonchev–Trinajstić information content (AvgIpc) is 2.61. The van der Waals surface area contributed by atoms with Crippen molar-refractivity contribution in [3.63, 3.8) is 0 Å². The molecule has 1 heterocycles. The van der Waals surface area contributed by atoms with Gasteiger partial charge in [0, 0.05) is 5.69 Å². The maximum absolute atomic E-state index is 13.8. The van der Waals surface area contributed by atoms with Crippen molar-refractivity contribution < 1.29 is 13.6 Å². The first-order valence-corrected chi connectivity index (χ1v) is 5.78. The van der Waals surface area contributed by atoms with Gasteiger partial charge in [0.2, 0.25) is 5.78 Å². The molecule has 3 nitrogen and oxygen atoms in total. The van der Waals surface area contributed by atoms with Crippen LogP contribution in [0.15, 0.2) is 12.1 Å². The fraction of sp³-hybridized carbons (Fsp3) is 0.214. The van der Waals surface area contributed by atoms with Gasteiger partial charge >= 0.3 is 0 Å². The van der Waals surface area contributed by atoms with E-state index in [0.29, 0.717) is 0 Å². The van der Waals surface area contributed by atoms with E-state index in [1.165, 1.54) is 0 Å². The molecule has 0 amide bonds. The Morgan fingerprint density at radius 2 is 1.79 bits per heavy atom. The molecule has 0 radical (unpaired) electrons. The molecule has 0 aliphatic heterocycles. The molecule has 0 saturated heterocycles. The maximum Gasteiger partial charge on any atom is 0.212 e. The van der Waals surface area contributed by atoms with Gasteiger partial charge in [-0.25, -0.2) is 8.78 Å². The number of hydrogen-bond acceptors (Lipinski definition) is 2. The Hall–Kier alpha value is -2.17. The molecule has 3 N–H and O–H groups in total. The number of rotatable bonds is 2. The number of aromatic amines is 1. The van der Waals surface area contributed by atoms with Crippen molar-refractivity contribution in [3.05, 3.63) is 51.8 Å². The van der Waals surface area contributed by atoms with E-state index in [1.807, 2.05) is 13.8 Å². The van der Waals surface area contributed by atoms with Gasteiger partial charge in [-0.1, -0.05) is 0 Å². The summed E-state index contributed by atoms with van der Waals surface area (Å²) in [7, 11) is 0. The number of halogens is 2. The van der Waals surface area contributed by atoms with Crippen LogP contribution < -0.4 is 5.73 Å². The summed E-state index contributed by atoms with van der Waals surface area (Å²) in [6, 6.07) is 1.71. The second kappa shape index (κ2) is 4.50. The van der Waals surface area contributed by atoms with Crippen molar-refractivity contribution >= 4 is 11.5 Å². The van der Waals surface area contributed by atoms with E-state index in [-0.39, 0.29) is 16.9 Å². The Kier molecular flexibility index (Phi) is 3.14. The number of ketones is 1. The van der Waals surface area contributed by atoms with Crippen LogP contribution in [0.5, 0.6) is 0 Å². The van der Waals surface area contributed by atoms with Crippen molar-refractivity contribution in [2.45, 2.75) is 20.8 Å². The van der Waals surface area contributed by atoms with E-state index in [1.54, 1.807) is 6.92 Å². The van der Waals surface area contributed by atoms with Crippen molar-refractivity contribution in [2.75, 3.05) is 5.73 Å². The zero-order chi connectivity index (χ0) is 14.3. The molecule has 0 bridgehead atoms. The molecular weight excluding hydrogens is 250 g/mol. The third-order valence-electron chi connectivity index (χ3n) is 3.35. The van der Waals surface area contributed by atoms with E-state index in [9.17, 15) is 13.6 Å². The molecule has 0 spiro atoms. The van der Waals surface area contributed by atoms with Crippen LogP contribution in [-0.4, -0.2) is 10.8 Å². The average molecular weight is 264 g/mol. The zero-order valence-electron chi connectivity index (χ0n) is 10.9. The third-order valence-corrected chi connectivity index (χ3v) is 3.35. The fourth-order valence-corrected chi connectivity index (χ4v) is 1.98. The Morgan fingerprint density at radius 1 is 1.16 bits per heavy atom. The van der Waals surface area contributed by atoms with Crippen LogP contribution in [-0.2, 0) is 0 Å². The minimum absolute atomic E-state index is 0.263. The number of H-pyrrole nitrogens is 1. The number of benzene rings is 1. The Morgan fingerprint density at radius 3 is 2.32 bits per heavy atom. The van der Waals surface area contributed by atoms with E-state index in [2.05, 4.69) is 4.98 Å². The van der Waals surface area contributed by atoms with Crippen LogP contribution in [0.25, 0.3) is 0 Å². The maximum atomic E-state index is 13.8. The van der Waals surface area contributed by atoms with Gasteiger partial charge < -0.3 is 10.7 Å². The van der Waals surface area contributed by atoms with Crippen molar-refractivity contribution in [3.8, 4) is 0 Å². The third kappa shape index (κ3) is 2.12. The number of nitrogen functional groups attached to an aromatic ring is 1. The van der Waals surface area contributed by atoms with Gasteiger partial charge in [-0.05, 0) is 44.0 Å². The second-order valence-electron chi connectivity index (χ2n) is 4.56. The Bertz CT molecular complexity index is 675. The summed E-state index contributed by atoms with van der Waals surface area (Å²) in [6.45, 7) is 5.43. The van der Waals surface area contributed by atoms with Crippen LogP contribution in [0.4, 0.5) is 14.5 Å². The van der Waals surface area contributed by atoms with Gasteiger partial charge in [-0.15, -0.1) is 0 Å². The molecule has 19 heavy (non-hydrogen) atoms. The van der Waals surface area contributed by atoms with E-state index < -0.39 is 17.4 Å². The highest BCUT2D eigenvalue weighted by molar-refractivity contribution is 6.09. The number of hydrogen-bond donors (Lipinski definition) is 2. The topological polar surface area (TPSA) is 58.9 Å². The molecule has 2 rings (SSSR count). The molecular formula is C14H14F2N2O. The first-order chi connectivity index (χ1) is 8.82. The monoisotopic (exact) mass is 264 g/mol. The number of nitrogens with one attached hydrogen (secondary N) is 1. The van der Waals surface area contributed by atoms with E-state index in [0.717, 1.165) is 29.0 Å². The number of aryl methyl sites for hydroxylation is 1. The van der Waals surface area contributed by atoms with Crippen LogP contribution in [0, 0.1) is 32.4 Å². The number of nitrogens with two attached hydrogens (primary N) is 1. The molecule has 5 heteroatoms. The minimum atomic E-state index is -0.893. The van der Waals surface area contributed by atoms with Crippen LogP contribution in [0.2, 0.25) is 0 Å². The molecule has 1 aromatic heterocycles. The lowest BCUT2D eigenvalue weighted by atomic mass is 10.0. The summed E-state index contributed by atoms with van der Waals surface area (Å²) < 4.78 is 27.1. The zero-order valence-corrected chi connectivity index (χ0v) is 10.9. The van der Waals surface area contributed by atoms with E-state index in [4.69, 9.17) is 5.73 Å². The fourth-order valence-electron chi connectivity index (χ4n) is 1.98. The summed E-state index contributed by atoms with van der Waals surface area (Å²) in [5.74, 6) is -2.23. The molecule has 0 saturated carbocycles. The van der Waals surface area contributed by atoms with Gasteiger partial charge in [0.15, 0.2) is 5.82 Å². The lowest BCUT2D eigenvalue weighted by Gasteiger charge is -2.05. The van der Waals surface area contributed by atoms with Crippen molar-refractivity contribution in [1.29, 1.82) is 0 Å². The SMILES string of the molecule is Cc1[nH]c(C(=O)c2cc(F)cc(N)c2F)c(C)c1C. The van der Waals surface area contributed by atoms with Gasteiger partial charge in [0.05, 0.1) is 16.9 Å². The van der Waals surface area contributed by atoms with E-state index >= 15 is 0 Å². The highest BCUT2D eigenvalue weighted by Gasteiger charge is 2.21. The minimum Gasteiger partial charge on any atom is -0.396 e. The lowest BCUT2D eigenvalue weighted by molar-refractivity contribution is 0.103.